The maximum absolute atomic E-state index is 13.0. The van der Waals surface area contributed by atoms with Gasteiger partial charge in [0.1, 0.15) is 0 Å². The van der Waals surface area contributed by atoms with Crippen LogP contribution in [0, 0.1) is 10.1 Å². The number of nitro groups is 1. The molecular weight excluding hydrogens is 512 g/mol. The summed E-state index contributed by atoms with van der Waals surface area (Å²) in [6.45, 7) is -0.509. The molecule has 9 heteroatoms. The van der Waals surface area contributed by atoms with Crippen molar-refractivity contribution >= 4 is 55.9 Å². The normalized spacial score (nSPS) is 10.7. The number of nitro benzene ring substituents is 1. The molecule has 0 aliphatic carbocycles. The maximum atomic E-state index is 13.0. The number of esters is 1. The second kappa shape index (κ2) is 9.48. The van der Waals surface area contributed by atoms with Gasteiger partial charge in [0.15, 0.2) is 12.4 Å². The Morgan fingerprint density at radius 1 is 1.00 bits per heavy atom. The predicted octanol–water partition coefficient (Wildman–Crippen LogP) is 6.27. The molecule has 1 aromatic heterocycles. The van der Waals surface area contributed by atoms with E-state index < -0.39 is 23.3 Å². The van der Waals surface area contributed by atoms with Crippen molar-refractivity contribution in [1.29, 1.82) is 0 Å². The number of halogens is 2. The second-order valence-corrected chi connectivity index (χ2v) is 8.38. The first-order valence-corrected chi connectivity index (χ1v) is 10.8. The highest BCUT2D eigenvalue weighted by molar-refractivity contribution is 9.10. The number of benzene rings is 3. The molecule has 0 atom stereocenters. The number of hydrogen-bond donors (Lipinski definition) is 0. The van der Waals surface area contributed by atoms with Crippen LogP contribution in [0.15, 0.2) is 77.3 Å². The molecule has 4 rings (SSSR count). The van der Waals surface area contributed by atoms with Gasteiger partial charge in [-0.05, 0) is 48.5 Å². The Labute approximate surface area is 201 Å². The van der Waals surface area contributed by atoms with Crippen molar-refractivity contribution in [3.05, 3.63) is 104 Å². The largest absolute Gasteiger partial charge is 0.454 e. The minimum Gasteiger partial charge on any atom is -0.454 e. The number of ketones is 1. The lowest BCUT2D eigenvalue weighted by Gasteiger charge is -2.11. The van der Waals surface area contributed by atoms with E-state index in [9.17, 15) is 19.7 Å². The van der Waals surface area contributed by atoms with E-state index in [0.29, 0.717) is 21.6 Å². The highest BCUT2D eigenvalue weighted by Gasteiger charge is 2.18. The molecule has 0 aliphatic rings. The fourth-order valence-electron chi connectivity index (χ4n) is 3.20. The summed E-state index contributed by atoms with van der Waals surface area (Å²) in [5, 5.41) is 11.9. The van der Waals surface area contributed by atoms with Crippen molar-refractivity contribution in [2.45, 2.75) is 0 Å². The summed E-state index contributed by atoms with van der Waals surface area (Å²) in [4.78, 5) is 40.2. The van der Waals surface area contributed by atoms with Crippen LogP contribution >= 0.6 is 27.5 Å². The summed E-state index contributed by atoms with van der Waals surface area (Å²) in [6, 6.07) is 19.1. The third-order valence-electron chi connectivity index (χ3n) is 4.87. The average Bonchev–Trinajstić information content (AvgIpc) is 2.82. The van der Waals surface area contributed by atoms with Gasteiger partial charge in [0, 0.05) is 38.1 Å². The molecule has 164 valence electrons. The van der Waals surface area contributed by atoms with Crippen molar-refractivity contribution in [3.63, 3.8) is 0 Å². The first-order valence-electron chi connectivity index (χ1n) is 9.63. The molecule has 0 unspecified atom stereocenters. The van der Waals surface area contributed by atoms with Crippen LogP contribution in [0.1, 0.15) is 20.7 Å². The molecule has 33 heavy (non-hydrogen) atoms. The Morgan fingerprint density at radius 3 is 2.36 bits per heavy atom. The smallest absolute Gasteiger partial charge is 0.339 e. The van der Waals surface area contributed by atoms with Gasteiger partial charge >= 0.3 is 5.97 Å². The van der Waals surface area contributed by atoms with Crippen LogP contribution in [-0.2, 0) is 4.74 Å². The number of carbonyl (C=O) groups is 2. The van der Waals surface area contributed by atoms with Gasteiger partial charge in [0.25, 0.3) is 5.69 Å². The maximum Gasteiger partial charge on any atom is 0.339 e. The lowest BCUT2D eigenvalue weighted by atomic mass is 10.0. The lowest BCUT2D eigenvalue weighted by molar-refractivity contribution is -0.384. The molecule has 4 aromatic rings. The van der Waals surface area contributed by atoms with Gasteiger partial charge < -0.3 is 4.74 Å². The summed E-state index contributed by atoms with van der Waals surface area (Å²) in [6.07, 6.45) is 0. The van der Waals surface area contributed by atoms with Gasteiger partial charge in [-0.25, -0.2) is 9.78 Å². The quantitative estimate of drug-likeness (QED) is 0.127. The van der Waals surface area contributed by atoms with E-state index in [1.807, 2.05) is 6.07 Å². The zero-order valence-electron chi connectivity index (χ0n) is 16.8. The molecule has 3 aromatic carbocycles. The number of fused-ring (bicyclic) bond motifs is 1. The zero-order chi connectivity index (χ0) is 23.5. The molecule has 0 N–H and O–H groups in total. The Hall–Kier alpha value is -3.62. The van der Waals surface area contributed by atoms with Gasteiger partial charge in [-0.3, -0.25) is 14.9 Å². The SMILES string of the molecule is O=C(COC(=O)c1cc(-c2ccc(Cl)cc2)nc2ccc(Br)cc12)c1ccc([N+](=O)[O-])cc1. The minimum absolute atomic E-state index is 0.132. The molecule has 0 aliphatic heterocycles. The third kappa shape index (κ3) is 5.08. The van der Waals surface area contributed by atoms with Crippen molar-refractivity contribution in [3.8, 4) is 11.3 Å². The van der Waals surface area contributed by atoms with Crippen LogP contribution in [0.5, 0.6) is 0 Å². The number of hydrogen-bond acceptors (Lipinski definition) is 6. The number of nitrogens with zero attached hydrogens (tertiary/aromatic N) is 2. The number of pyridine rings is 1. The molecule has 0 fully saturated rings. The van der Waals surface area contributed by atoms with Crippen LogP contribution < -0.4 is 0 Å². The van der Waals surface area contributed by atoms with Crippen LogP contribution in [0.3, 0.4) is 0 Å². The molecule has 0 amide bonds. The Bertz CT molecular complexity index is 1390. The van der Waals surface area contributed by atoms with Gasteiger partial charge in [0.05, 0.1) is 21.7 Å². The zero-order valence-corrected chi connectivity index (χ0v) is 19.2. The van der Waals surface area contributed by atoms with E-state index in [4.69, 9.17) is 16.3 Å². The molecule has 7 nitrogen and oxygen atoms in total. The van der Waals surface area contributed by atoms with E-state index in [1.54, 1.807) is 42.5 Å². The first-order chi connectivity index (χ1) is 15.8. The van der Waals surface area contributed by atoms with Crippen molar-refractivity contribution in [1.82, 2.24) is 4.98 Å². The fraction of sp³-hybridized carbons (Fsp3) is 0.0417. The van der Waals surface area contributed by atoms with E-state index >= 15 is 0 Å². The van der Waals surface area contributed by atoms with Crippen molar-refractivity contribution in [2.75, 3.05) is 6.61 Å². The van der Waals surface area contributed by atoms with Crippen molar-refractivity contribution in [2.24, 2.45) is 0 Å². The van der Waals surface area contributed by atoms with E-state index in [-0.39, 0.29) is 16.8 Å². The summed E-state index contributed by atoms with van der Waals surface area (Å²) in [5.74, 6) is -1.17. The number of ether oxygens (including phenoxy) is 1. The Balaban J connectivity index is 1.62. The van der Waals surface area contributed by atoms with Crippen LogP contribution in [0.25, 0.3) is 22.2 Å². The topological polar surface area (TPSA) is 99.4 Å². The highest BCUT2D eigenvalue weighted by atomic mass is 79.9. The number of aromatic nitrogens is 1. The monoisotopic (exact) mass is 524 g/mol. The fourth-order valence-corrected chi connectivity index (χ4v) is 3.68. The Morgan fingerprint density at radius 2 is 1.70 bits per heavy atom. The number of Topliss-reactive ketones (excluding diaryl/α,β-unsaturated/α-hetero) is 1. The lowest BCUT2D eigenvalue weighted by Crippen LogP contribution is -2.15. The first kappa shape index (κ1) is 22.6. The van der Waals surface area contributed by atoms with Gasteiger partial charge in [-0.1, -0.05) is 39.7 Å². The van der Waals surface area contributed by atoms with E-state index in [1.165, 1.54) is 24.3 Å². The van der Waals surface area contributed by atoms with Gasteiger partial charge in [0.2, 0.25) is 0 Å². The van der Waals surface area contributed by atoms with Crippen molar-refractivity contribution < 1.29 is 19.2 Å². The van der Waals surface area contributed by atoms with Gasteiger partial charge in [-0.2, -0.15) is 0 Å². The van der Waals surface area contributed by atoms with Gasteiger partial charge in [-0.15, -0.1) is 0 Å². The summed E-state index contributed by atoms with van der Waals surface area (Å²) >= 11 is 9.37. The average molecular weight is 526 g/mol. The molecule has 0 saturated heterocycles. The van der Waals surface area contributed by atoms with Crippen LogP contribution in [-0.4, -0.2) is 28.3 Å². The second-order valence-electron chi connectivity index (χ2n) is 7.03. The highest BCUT2D eigenvalue weighted by Crippen LogP contribution is 2.28. The molecular formula is C24H14BrClN2O5. The number of non-ortho nitro benzene ring substituents is 1. The Kier molecular flexibility index (Phi) is 6.48. The molecule has 1 heterocycles. The van der Waals surface area contributed by atoms with Crippen LogP contribution in [0.2, 0.25) is 5.02 Å². The predicted molar refractivity (Wildman–Crippen MR) is 128 cm³/mol. The third-order valence-corrected chi connectivity index (χ3v) is 5.61. The summed E-state index contributed by atoms with van der Waals surface area (Å²) in [7, 11) is 0. The molecule has 0 bridgehead atoms. The minimum atomic E-state index is -0.689. The summed E-state index contributed by atoms with van der Waals surface area (Å²) < 4.78 is 6.05. The standard InChI is InChI=1S/C24H14BrClN2O5/c25-16-5-10-21-19(11-16)20(12-22(27-21)14-1-6-17(26)7-2-14)24(30)33-13-23(29)15-3-8-18(9-4-15)28(31)32/h1-12H,13H2. The molecule has 0 spiro atoms. The number of rotatable bonds is 6. The molecule has 0 saturated carbocycles. The van der Waals surface area contributed by atoms with E-state index in [2.05, 4.69) is 20.9 Å². The number of carbonyl (C=O) groups excluding carboxylic acids is 2. The van der Waals surface area contributed by atoms with E-state index in [0.717, 1.165) is 10.0 Å². The van der Waals surface area contributed by atoms with Crippen LogP contribution in [0.4, 0.5) is 5.69 Å². The molecule has 0 radical (unpaired) electrons. The summed E-state index contributed by atoms with van der Waals surface area (Å²) in [5.41, 5.74) is 2.22.